The lowest BCUT2D eigenvalue weighted by molar-refractivity contribution is -0.118. The lowest BCUT2D eigenvalue weighted by atomic mass is 10.0. The van der Waals surface area contributed by atoms with E-state index in [4.69, 9.17) is 4.74 Å². The van der Waals surface area contributed by atoms with Crippen LogP contribution >= 0.6 is 0 Å². The first kappa shape index (κ1) is 12.7. The summed E-state index contributed by atoms with van der Waals surface area (Å²) >= 11 is 0. The van der Waals surface area contributed by atoms with Crippen LogP contribution in [0.2, 0.25) is 0 Å². The summed E-state index contributed by atoms with van der Waals surface area (Å²) in [6.45, 7) is 0.327. The Bertz CT molecular complexity index is 626. The molecule has 0 radical (unpaired) electrons. The van der Waals surface area contributed by atoms with E-state index >= 15 is 0 Å². The number of carbonyl (C=O) groups excluding carboxylic acids is 1. The number of nitrogens with one attached hydrogen (secondary N) is 2. The van der Waals surface area contributed by atoms with E-state index in [1.165, 1.54) is 0 Å². The molecule has 0 saturated heterocycles. The van der Waals surface area contributed by atoms with Crippen LogP contribution in [0.3, 0.4) is 0 Å². The van der Waals surface area contributed by atoms with Crippen molar-refractivity contribution < 1.29 is 9.53 Å². The Morgan fingerprint density at radius 2 is 1.95 bits per heavy atom. The molecule has 2 aromatic rings. The van der Waals surface area contributed by atoms with Crippen molar-refractivity contribution in [2.75, 3.05) is 19.0 Å². The Kier molecular flexibility index (Phi) is 3.39. The second kappa shape index (κ2) is 5.35. The standard InChI is InChI=1S/C16H16N2O2/c1-17-13-10-20-14-9-5-8-12(15(14)18-16(13)19)11-6-3-2-4-7-11/h2-9,13,17H,10H2,1H3,(H,18,19)/t13-/m0/s1. The average molecular weight is 268 g/mol. The molecule has 1 aliphatic heterocycles. The first-order valence-electron chi connectivity index (χ1n) is 6.59. The smallest absolute Gasteiger partial charge is 0.245 e. The minimum atomic E-state index is -0.342. The predicted octanol–water partition coefficient (Wildman–Crippen LogP) is 2.27. The topological polar surface area (TPSA) is 50.4 Å². The number of para-hydroxylation sites is 1. The summed E-state index contributed by atoms with van der Waals surface area (Å²) in [5, 5.41) is 5.91. The van der Waals surface area contributed by atoms with Gasteiger partial charge in [0.15, 0.2) is 0 Å². The van der Waals surface area contributed by atoms with Crippen LogP contribution in [-0.2, 0) is 4.79 Å². The van der Waals surface area contributed by atoms with Crippen molar-refractivity contribution in [3.8, 4) is 16.9 Å². The predicted molar refractivity (Wildman–Crippen MR) is 78.9 cm³/mol. The fourth-order valence-electron chi connectivity index (χ4n) is 2.31. The molecule has 0 aromatic heterocycles. The van der Waals surface area contributed by atoms with Crippen LogP contribution in [0.4, 0.5) is 5.69 Å². The zero-order valence-corrected chi connectivity index (χ0v) is 11.2. The van der Waals surface area contributed by atoms with E-state index in [0.717, 1.165) is 16.8 Å². The van der Waals surface area contributed by atoms with Crippen LogP contribution in [0.25, 0.3) is 11.1 Å². The summed E-state index contributed by atoms with van der Waals surface area (Å²) < 4.78 is 5.74. The van der Waals surface area contributed by atoms with Crippen molar-refractivity contribution in [1.82, 2.24) is 5.32 Å². The van der Waals surface area contributed by atoms with Crippen molar-refractivity contribution >= 4 is 11.6 Å². The van der Waals surface area contributed by atoms with Crippen LogP contribution in [0.1, 0.15) is 0 Å². The van der Waals surface area contributed by atoms with Crippen molar-refractivity contribution in [3.63, 3.8) is 0 Å². The van der Waals surface area contributed by atoms with Gasteiger partial charge in [-0.1, -0.05) is 42.5 Å². The number of fused-ring (bicyclic) bond motifs is 1. The first-order valence-corrected chi connectivity index (χ1v) is 6.59. The quantitative estimate of drug-likeness (QED) is 0.878. The summed E-state index contributed by atoms with van der Waals surface area (Å²) in [5.41, 5.74) is 2.76. The lowest BCUT2D eigenvalue weighted by Crippen LogP contribution is -2.41. The van der Waals surface area contributed by atoms with Gasteiger partial charge in [-0.15, -0.1) is 0 Å². The number of amides is 1. The Morgan fingerprint density at radius 1 is 1.15 bits per heavy atom. The minimum Gasteiger partial charge on any atom is -0.489 e. The van der Waals surface area contributed by atoms with Crippen LogP contribution in [0.5, 0.6) is 5.75 Å². The number of benzene rings is 2. The summed E-state index contributed by atoms with van der Waals surface area (Å²) in [6, 6.07) is 15.4. The number of carbonyl (C=O) groups is 1. The van der Waals surface area contributed by atoms with E-state index in [0.29, 0.717) is 12.4 Å². The van der Waals surface area contributed by atoms with Gasteiger partial charge in [-0.25, -0.2) is 0 Å². The number of likely N-dealkylation sites (N-methyl/N-ethyl adjacent to an activating group) is 1. The summed E-state index contributed by atoms with van der Waals surface area (Å²) in [7, 11) is 1.75. The highest BCUT2D eigenvalue weighted by Crippen LogP contribution is 2.37. The zero-order valence-electron chi connectivity index (χ0n) is 11.2. The van der Waals surface area contributed by atoms with Gasteiger partial charge in [0.25, 0.3) is 0 Å². The van der Waals surface area contributed by atoms with Crippen LogP contribution in [-0.4, -0.2) is 25.6 Å². The molecule has 3 rings (SSSR count). The molecule has 1 aliphatic rings. The van der Waals surface area contributed by atoms with Gasteiger partial charge in [-0.2, -0.15) is 0 Å². The van der Waals surface area contributed by atoms with Gasteiger partial charge in [-0.05, 0) is 18.7 Å². The lowest BCUT2D eigenvalue weighted by Gasteiger charge is -2.12. The molecule has 4 nitrogen and oxygen atoms in total. The van der Waals surface area contributed by atoms with Crippen molar-refractivity contribution in [2.24, 2.45) is 0 Å². The number of hydrogen-bond acceptors (Lipinski definition) is 3. The number of ether oxygens (including phenoxy) is 1. The molecular weight excluding hydrogens is 252 g/mol. The average Bonchev–Trinajstić information content (AvgIpc) is 2.66. The highest BCUT2D eigenvalue weighted by molar-refractivity contribution is 6.01. The minimum absolute atomic E-state index is 0.0744. The first-order chi connectivity index (χ1) is 9.79. The summed E-state index contributed by atoms with van der Waals surface area (Å²) in [5.74, 6) is 0.632. The van der Waals surface area contributed by atoms with Gasteiger partial charge >= 0.3 is 0 Å². The van der Waals surface area contributed by atoms with Gasteiger partial charge < -0.3 is 15.4 Å². The molecule has 2 aromatic carbocycles. The molecule has 1 atom stereocenters. The second-order valence-electron chi connectivity index (χ2n) is 4.69. The maximum absolute atomic E-state index is 12.1. The Hall–Kier alpha value is -2.33. The molecular formula is C16H16N2O2. The molecule has 0 bridgehead atoms. The maximum atomic E-state index is 12.1. The number of hydrogen-bond donors (Lipinski definition) is 2. The highest BCUT2D eigenvalue weighted by Gasteiger charge is 2.24. The number of rotatable bonds is 2. The molecule has 0 unspecified atom stereocenters. The van der Waals surface area contributed by atoms with Gasteiger partial charge in [0.2, 0.25) is 5.91 Å². The normalized spacial score (nSPS) is 17.6. The van der Waals surface area contributed by atoms with Crippen molar-refractivity contribution in [2.45, 2.75) is 6.04 Å². The fourth-order valence-corrected chi connectivity index (χ4v) is 2.31. The zero-order chi connectivity index (χ0) is 13.9. The van der Waals surface area contributed by atoms with Gasteiger partial charge in [0.1, 0.15) is 18.4 Å². The SMILES string of the molecule is CN[C@H]1COc2cccc(-c3ccccc3)c2NC1=O. The molecule has 2 N–H and O–H groups in total. The van der Waals surface area contributed by atoms with Crippen LogP contribution < -0.4 is 15.4 Å². The van der Waals surface area contributed by atoms with E-state index in [1.54, 1.807) is 7.05 Å². The third-order valence-corrected chi connectivity index (χ3v) is 3.43. The van der Waals surface area contributed by atoms with E-state index in [-0.39, 0.29) is 11.9 Å². The largest absolute Gasteiger partial charge is 0.489 e. The van der Waals surface area contributed by atoms with Gasteiger partial charge in [0, 0.05) is 5.56 Å². The number of anilines is 1. The molecule has 0 fully saturated rings. The molecule has 20 heavy (non-hydrogen) atoms. The third kappa shape index (κ3) is 2.26. The molecule has 0 saturated carbocycles. The molecule has 102 valence electrons. The van der Waals surface area contributed by atoms with Gasteiger partial charge in [0.05, 0.1) is 5.69 Å². The monoisotopic (exact) mass is 268 g/mol. The van der Waals surface area contributed by atoms with E-state index in [1.807, 2.05) is 48.5 Å². The molecule has 1 heterocycles. The van der Waals surface area contributed by atoms with E-state index < -0.39 is 0 Å². The van der Waals surface area contributed by atoms with E-state index in [9.17, 15) is 4.79 Å². The van der Waals surface area contributed by atoms with Crippen molar-refractivity contribution in [3.05, 3.63) is 48.5 Å². The molecule has 1 amide bonds. The highest BCUT2D eigenvalue weighted by atomic mass is 16.5. The van der Waals surface area contributed by atoms with Crippen LogP contribution in [0.15, 0.2) is 48.5 Å². The fraction of sp³-hybridized carbons (Fsp3) is 0.188. The Balaban J connectivity index is 2.07. The Morgan fingerprint density at radius 3 is 2.70 bits per heavy atom. The molecule has 0 spiro atoms. The van der Waals surface area contributed by atoms with Crippen molar-refractivity contribution in [1.29, 1.82) is 0 Å². The molecule has 4 heteroatoms. The second-order valence-corrected chi connectivity index (χ2v) is 4.69. The summed E-state index contributed by atoms with van der Waals surface area (Å²) in [4.78, 5) is 12.1. The third-order valence-electron chi connectivity index (χ3n) is 3.43. The summed E-state index contributed by atoms with van der Waals surface area (Å²) in [6.07, 6.45) is 0. The van der Waals surface area contributed by atoms with E-state index in [2.05, 4.69) is 10.6 Å². The Labute approximate surface area is 117 Å². The van der Waals surface area contributed by atoms with Gasteiger partial charge in [-0.3, -0.25) is 4.79 Å². The molecule has 0 aliphatic carbocycles. The maximum Gasteiger partial charge on any atom is 0.245 e. The van der Waals surface area contributed by atoms with Crippen LogP contribution in [0, 0.1) is 0 Å².